The number of H-pyrrole nitrogens is 1. The highest BCUT2D eigenvalue weighted by molar-refractivity contribution is 5.95. The van der Waals surface area contributed by atoms with E-state index in [1.165, 1.54) is 0 Å². The molecular weight excluding hydrogens is 408 g/mol. The lowest BCUT2D eigenvalue weighted by atomic mass is 9.90. The first-order valence-electron chi connectivity index (χ1n) is 11.3. The van der Waals surface area contributed by atoms with Crippen molar-refractivity contribution in [2.24, 2.45) is 0 Å². The monoisotopic (exact) mass is 442 g/mol. The highest BCUT2D eigenvalue weighted by Crippen LogP contribution is 2.44. The van der Waals surface area contributed by atoms with Crippen molar-refractivity contribution >= 4 is 17.6 Å². The molecule has 0 spiro atoms. The Labute approximate surface area is 189 Å². The molecule has 4 heterocycles. The second-order valence-corrected chi connectivity index (χ2v) is 10.3. The number of hydrogen-bond donors (Lipinski definition) is 2. The van der Waals surface area contributed by atoms with Crippen molar-refractivity contribution in [2.75, 3.05) is 26.7 Å². The molecule has 0 unspecified atom stereocenters. The summed E-state index contributed by atoms with van der Waals surface area (Å²) in [5.74, 6) is 0.685. The summed E-state index contributed by atoms with van der Waals surface area (Å²) in [6.07, 6.45) is 5.22. The number of allylic oxidation sites excluding steroid dienone is 1. The summed E-state index contributed by atoms with van der Waals surface area (Å²) in [5.41, 5.74) is 2.42. The average Bonchev–Trinajstić information content (AvgIpc) is 3.13. The maximum absolute atomic E-state index is 13.0. The third-order valence-corrected chi connectivity index (χ3v) is 6.01. The number of nitrogens with one attached hydrogen (secondary N) is 2. The molecule has 1 aromatic heterocycles. The lowest BCUT2D eigenvalue weighted by Crippen LogP contribution is -2.47. The molecule has 1 fully saturated rings. The number of carbonyl (C=O) groups is 2. The number of hydrogen-bond acceptors (Lipinski definition) is 5. The lowest BCUT2D eigenvalue weighted by Gasteiger charge is -2.36. The van der Waals surface area contributed by atoms with E-state index in [2.05, 4.69) is 21.3 Å². The van der Waals surface area contributed by atoms with Gasteiger partial charge in [0.1, 0.15) is 22.7 Å². The molecule has 3 aliphatic rings. The predicted molar refractivity (Wildman–Crippen MR) is 122 cm³/mol. The van der Waals surface area contributed by atoms with Gasteiger partial charge in [-0.05, 0) is 53.5 Å². The van der Waals surface area contributed by atoms with Crippen molar-refractivity contribution in [1.82, 2.24) is 20.1 Å². The van der Waals surface area contributed by atoms with E-state index >= 15 is 0 Å². The first kappa shape index (κ1) is 22.3. The largest absolute Gasteiger partial charge is 0.481 e. The van der Waals surface area contributed by atoms with Gasteiger partial charge in [0.2, 0.25) is 0 Å². The Bertz CT molecular complexity index is 975. The van der Waals surface area contributed by atoms with E-state index in [4.69, 9.17) is 9.47 Å². The number of amides is 2. The second kappa shape index (κ2) is 7.90. The van der Waals surface area contributed by atoms with E-state index in [1.54, 1.807) is 4.90 Å². The zero-order valence-electron chi connectivity index (χ0n) is 19.9. The molecule has 2 amide bonds. The van der Waals surface area contributed by atoms with Crippen molar-refractivity contribution < 1.29 is 19.1 Å². The maximum Gasteiger partial charge on any atom is 0.410 e. The topological polar surface area (TPSA) is 86.9 Å². The van der Waals surface area contributed by atoms with Crippen LogP contribution < -0.4 is 5.32 Å². The minimum absolute atomic E-state index is 0.0174. The van der Waals surface area contributed by atoms with E-state index in [1.807, 2.05) is 53.9 Å². The van der Waals surface area contributed by atoms with Gasteiger partial charge in [-0.1, -0.05) is 6.08 Å². The van der Waals surface area contributed by atoms with Gasteiger partial charge in [0.15, 0.2) is 0 Å². The molecule has 1 aromatic rings. The van der Waals surface area contributed by atoms with Crippen molar-refractivity contribution in [3.8, 4) is 0 Å². The number of nitrogens with zero attached hydrogens (tertiary/aromatic N) is 2. The van der Waals surface area contributed by atoms with E-state index < -0.39 is 11.2 Å². The first-order chi connectivity index (χ1) is 14.9. The quantitative estimate of drug-likeness (QED) is 0.731. The Morgan fingerprint density at radius 1 is 1.25 bits per heavy atom. The molecule has 174 valence electrons. The van der Waals surface area contributed by atoms with Gasteiger partial charge < -0.3 is 29.6 Å². The molecule has 4 rings (SSSR count). The molecule has 8 heteroatoms. The zero-order valence-corrected chi connectivity index (χ0v) is 19.9. The fourth-order valence-corrected chi connectivity index (χ4v) is 4.35. The molecule has 0 saturated carbocycles. The Kier molecular flexibility index (Phi) is 5.51. The molecule has 3 aliphatic heterocycles. The molecule has 0 aromatic carbocycles. The number of fused-ring (bicyclic) bond motifs is 3. The van der Waals surface area contributed by atoms with Crippen LogP contribution in [0.1, 0.15) is 69.2 Å². The van der Waals surface area contributed by atoms with Crippen LogP contribution in [-0.4, -0.2) is 65.1 Å². The fraction of sp³-hybridized carbons (Fsp3) is 0.583. The maximum atomic E-state index is 13.0. The number of carbonyl (C=O) groups excluding carboxylic acids is 2. The number of aromatic amines is 1. The normalized spacial score (nSPS) is 20.4. The molecule has 8 nitrogen and oxygen atoms in total. The van der Waals surface area contributed by atoms with Gasteiger partial charge in [0, 0.05) is 50.1 Å². The second-order valence-electron chi connectivity index (χ2n) is 10.3. The van der Waals surface area contributed by atoms with Gasteiger partial charge in [-0.3, -0.25) is 4.79 Å². The van der Waals surface area contributed by atoms with Gasteiger partial charge in [-0.25, -0.2) is 4.79 Å². The smallest absolute Gasteiger partial charge is 0.410 e. The Morgan fingerprint density at radius 2 is 1.94 bits per heavy atom. The highest BCUT2D eigenvalue weighted by atomic mass is 16.6. The summed E-state index contributed by atoms with van der Waals surface area (Å²) < 4.78 is 11.7. The Balaban J connectivity index is 1.42. The van der Waals surface area contributed by atoms with Crippen LogP contribution in [0, 0.1) is 0 Å². The van der Waals surface area contributed by atoms with Crippen LogP contribution in [0.2, 0.25) is 0 Å². The zero-order chi connectivity index (χ0) is 23.3. The molecule has 1 saturated heterocycles. The molecule has 2 N–H and O–H groups in total. The summed E-state index contributed by atoms with van der Waals surface area (Å²) in [5, 5.41) is 3.13. The SMILES string of the molecule is CN1C=C2OC(C)(C)c3cc(C(=O)NC4CCN(C(=O)OC(C)(C)C)CC4)[nH]c3C2=CC1. The van der Waals surface area contributed by atoms with Crippen LogP contribution in [0.4, 0.5) is 4.79 Å². The fourth-order valence-electron chi connectivity index (χ4n) is 4.35. The van der Waals surface area contributed by atoms with Crippen LogP contribution in [0.5, 0.6) is 0 Å². The Hall–Kier alpha value is -2.90. The van der Waals surface area contributed by atoms with Gasteiger partial charge >= 0.3 is 6.09 Å². The van der Waals surface area contributed by atoms with Crippen molar-refractivity contribution in [2.45, 2.75) is 64.7 Å². The van der Waals surface area contributed by atoms with E-state index in [0.717, 1.165) is 29.1 Å². The summed E-state index contributed by atoms with van der Waals surface area (Å²) in [6, 6.07) is 1.92. The van der Waals surface area contributed by atoms with Crippen LogP contribution in [-0.2, 0) is 15.1 Å². The van der Waals surface area contributed by atoms with Crippen LogP contribution in [0.3, 0.4) is 0 Å². The van der Waals surface area contributed by atoms with Gasteiger partial charge in [-0.2, -0.15) is 0 Å². The predicted octanol–water partition coefficient (Wildman–Crippen LogP) is 3.58. The molecular formula is C24H34N4O4. The van der Waals surface area contributed by atoms with Gasteiger partial charge in [-0.15, -0.1) is 0 Å². The Morgan fingerprint density at radius 3 is 2.59 bits per heavy atom. The number of likely N-dealkylation sites (tertiary alicyclic amines) is 1. The third kappa shape index (κ3) is 4.49. The number of ether oxygens (including phenoxy) is 2. The van der Waals surface area contributed by atoms with Gasteiger partial charge in [0.25, 0.3) is 5.91 Å². The molecule has 0 bridgehead atoms. The third-order valence-electron chi connectivity index (χ3n) is 6.01. The van der Waals surface area contributed by atoms with Gasteiger partial charge in [0.05, 0.1) is 5.69 Å². The molecule has 0 atom stereocenters. The summed E-state index contributed by atoms with van der Waals surface area (Å²) in [4.78, 5) is 32.4. The minimum atomic E-state index is -0.537. The summed E-state index contributed by atoms with van der Waals surface area (Å²) in [6.45, 7) is 11.5. The van der Waals surface area contributed by atoms with Crippen molar-refractivity contribution in [1.29, 1.82) is 0 Å². The molecule has 0 radical (unpaired) electrons. The summed E-state index contributed by atoms with van der Waals surface area (Å²) >= 11 is 0. The highest BCUT2D eigenvalue weighted by Gasteiger charge is 2.38. The first-order valence-corrected chi connectivity index (χ1v) is 11.3. The number of rotatable bonds is 2. The standard InChI is InChI=1S/C24H34N4O4/c1-23(2,3)32-22(30)28-11-7-15(8-12-28)25-21(29)18-13-17-20(26-18)16-9-10-27(6)14-19(16)31-24(17,4)5/h9,13-15,26H,7-8,10-12H2,1-6H3,(H,25,29). The lowest BCUT2D eigenvalue weighted by molar-refractivity contribution is 0.0199. The van der Waals surface area contributed by atoms with Crippen LogP contribution in [0.15, 0.2) is 24.1 Å². The number of aromatic nitrogens is 1. The average molecular weight is 443 g/mol. The van der Waals surface area contributed by atoms with E-state index in [-0.39, 0.29) is 18.0 Å². The van der Waals surface area contributed by atoms with E-state index in [0.29, 0.717) is 31.6 Å². The van der Waals surface area contributed by atoms with Crippen molar-refractivity contribution in [3.05, 3.63) is 41.1 Å². The number of piperidine rings is 1. The van der Waals surface area contributed by atoms with E-state index in [9.17, 15) is 9.59 Å². The van der Waals surface area contributed by atoms with Crippen molar-refractivity contribution in [3.63, 3.8) is 0 Å². The number of likely N-dealkylation sites (N-methyl/N-ethyl adjacent to an activating group) is 1. The summed E-state index contributed by atoms with van der Waals surface area (Å²) in [7, 11) is 2.01. The minimum Gasteiger partial charge on any atom is -0.481 e. The molecule has 32 heavy (non-hydrogen) atoms. The molecule has 0 aliphatic carbocycles. The van der Waals surface area contributed by atoms with Crippen LogP contribution >= 0.6 is 0 Å². The van der Waals surface area contributed by atoms with Crippen LogP contribution in [0.25, 0.3) is 5.57 Å².